The Morgan fingerprint density at radius 1 is 1.62 bits per heavy atom. The summed E-state index contributed by atoms with van der Waals surface area (Å²) in [5.74, 6) is 0. The molecule has 0 heterocycles. The summed E-state index contributed by atoms with van der Waals surface area (Å²) in [7, 11) is -1.75. The van der Waals surface area contributed by atoms with Gasteiger partial charge in [-0.2, -0.15) is 17.4 Å². The maximum atomic E-state index is 11.5. The first-order valence-corrected chi connectivity index (χ1v) is 5.85. The second kappa shape index (κ2) is 3.91. The summed E-state index contributed by atoms with van der Waals surface area (Å²) in [6.45, 7) is 2.13. The van der Waals surface area contributed by atoms with Gasteiger partial charge in [-0.15, -0.1) is 0 Å². The van der Waals surface area contributed by atoms with Gasteiger partial charge in [0.2, 0.25) is 0 Å². The van der Waals surface area contributed by atoms with Crippen LogP contribution in [0.25, 0.3) is 0 Å². The van der Waals surface area contributed by atoms with Crippen molar-refractivity contribution in [2.24, 2.45) is 5.73 Å². The van der Waals surface area contributed by atoms with Gasteiger partial charge in [0.15, 0.2) is 0 Å². The van der Waals surface area contributed by atoms with E-state index in [4.69, 9.17) is 5.73 Å². The van der Waals surface area contributed by atoms with Crippen molar-refractivity contribution in [1.82, 2.24) is 9.03 Å². The van der Waals surface area contributed by atoms with E-state index in [2.05, 4.69) is 4.72 Å². The van der Waals surface area contributed by atoms with Crippen molar-refractivity contribution in [3.63, 3.8) is 0 Å². The van der Waals surface area contributed by atoms with E-state index in [9.17, 15) is 8.42 Å². The average Bonchev–Trinajstić information content (AvgIpc) is 2.69. The molecule has 1 aliphatic carbocycles. The molecule has 13 heavy (non-hydrogen) atoms. The second-order valence-corrected chi connectivity index (χ2v) is 5.46. The minimum atomic E-state index is -3.29. The van der Waals surface area contributed by atoms with Crippen molar-refractivity contribution in [3.8, 4) is 0 Å². The van der Waals surface area contributed by atoms with E-state index in [0.29, 0.717) is 6.54 Å². The number of nitrogens with zero attached hydrogens (tertiary/aromatic N) is 1. The number of rotatable bonds is 5. The minimum Gasteiger partial charge on any atom is -0.327 e. The lowest BCUT2D eigenvalue weighted by atomic mass is 10.4. The van der Waals surface area contributed by atoms with Crippen molar-refractivity contribution >= 4 is 10.2 Å². The van der Waals surface area contributed by atoms with E-state index >= 15 is 0 Å². The molecule has 0 aliphatic heterocycles. The molecule has 0 saturated heterocycles. The molecule has 0 aromatic rings. The first-order chi connectivity index (χ1) is 5.92. The smallest absolute Gasteiger partial charge is 0.279 e. The van der Waals surface area contributed by atoms with Crippen LogP contribution in [0.4, 0.5) is 0 Å². The molecule has 1 aliphatic rings. The zero-order valence-electron chi connectivity index (χ0n) is 8.03. The van der Waals surface area contributed by atoms with Crippen molar-refractivity contribution < 1.29 is 8.42 Å². The van der Waals surface area contributed by atoms with Gasteiger partial charge >= 0.3 is 0 Å². The summed E-state index contributed by atoms with van der Waals surface area (Å²) in [5.41, 5.74) is 5.50. The molecule has 0 radical (unpaired) electrons. The van der Waals surface area contributed by atoms with Gasteiger partial charge in [0.25, 0.3) is 10.2 Å². The largest absolute Gasteiger partial charge is 0.327 e. The zero-order valence-corrected chi connectivity index (χ0v) is 8.84. The Labute approximate surface area is 79.5 Å². The molecule has 6 heteroatoms. The standard InChI is InChI=1S/C7H17N3O2S/c1-6(8)5-10(2)13(11,12)9-7-3-4-7/h6-7,9H,3-5,8H2,1-2H3. The highest BCUT2D eigenvalue weighted by atomic mass is 32.2. The lowest BCUT2D eigenvalue weighted by Gasteiger charge is -2.19. The van der Waals surface area contributed by atoms with Crippen LogP contribution < -0.4 is 10.5 Å². The van der Waals surface area contributed by atoms with E-state index in [0.717, 1.165) is 12.8 Å². The molecular weight excluding hydrogens is 190 g/mol. The highest BCUT2D eigenvalue weighted by Crippen LogP contribution is 2.20. The van der Waals surface area contributed by atoms with Crippen LogP contribution in [0.3, 0.4) is 0 Å². The molecule has 0 aromatic heterocycles. The van der Waals surface area contributed by atoms with Gasteiger partial charge in [-0.3, -0.25) is 0 Å². The Balaban J connectivity index is 2.46. The van der Waals surface area contributed by atoms with Crippen LogP contribution in [-0.2, 0) is 10.2 Å². The highest BCUT2D eigenvalue weighted by molar-refractivity contribution is 7.87. The van der Waals surface area contributed by atoms with Crippen molar-refractivity contribution in [2.45, 2.75) is 31.8 Å². The van der Waals surface area contributed by atoms with E-state index in [1.165, 1.54) is 11.4 Å². The Morgan fingerprint density at radius 2 is 2.15 bits per heavy atom. The predicted octanol–water partition coefficient (Wildman–Crippen LogP) is -0.738. The van der Waals surface area contributed by atoms with Crippen LogP contribution in [0.5, 0.6) is 0 Å². The second-order valence-electron chi connectivity index (χ2n) is 3.65. The molecule has 1 rings (SSSR count). The third kappa shape index (κ3) is 3.60. The van der Waals surface area contributed by atoms with Crippen LogP contribution in [-0.4, -0.2) is 38.4 Å². The van der Waals surface area contributed by atoms with Gasteiger partial charge in [0, 0.05) is 25.7 Å². The van der Waals surface area contributed by atoms with Gasteiger partial charge in [-0.1, -0.05) is 0 Å². The number of hydrogen-bond acceptors (Lipinski definition) is 3. The summed E-state index contributed by atoms with van der Waals surface area (Å²) >= 11 is 0. The third-order valence-corrected chi connectivity index (χ3v) is 3.45. The van der Waals surface area contributed by atoms with Gasteiger partial charge in [-0.05, 0) is 19.8 Å². The van der Waals surface area contributed by atoms with Crippen LogP contribution in [0, 0.1) is 0 Å². The minimum absolute atomic E-state index is 0.138. The van der Waals surface area contributed by atoms with E-state index in [1.807, 2.05) is 0 Å². The SMILES string of the molecule is CC(N)CN(C)S(=O)(=O)NC1CC1. The molecule has 0 spiro atoms. The fraction of sp³-hybridized carbons (Fsp3) is 1.00. The third-order valence-electron chi connectivity index (χ3n) is 1.85. The summed E-state index contributed by atoms with van der Waals surface area (Å²) in [5, 5.41) is 0. The molecule has 3 N–H and O–H groups in total. The molecule has 0 bridgehead atoms. The average molecular weight is 207 g/mol. The van der Waals surface area contributed by atoms with Crippen LogP contribution in [0.15, 0.2) is 0 Å². The normalized spacial score (nSPS) is 20.6. The maximum Gasteiger partial charge on any atom is 0.279 e. The fourth-order valence-corrected chi connectivity index (χ4v) is 2.27. The first-order valence-electron chi connectivity index (χ1n) is 4.41. The summed E-state index contributed by atoms with van der Waals surface area (Å²) in [6.07, 6.45) is 1.90. The molecule has 1 saturated carbocycles. The topological polar surface area (TPSA) is 75.4 Å². The fourth-order valence-electron chi connectivity index (χ4n) is 1.01. The summed E-state index contributed by atoms with van der Waals surface area (Å²) in [6, 6.07) is 0.0151. The molecule has 78 valence electrons. The van der Waals surface area contributed by atoms with Crippen molar-refractivity contribution in [2.75, 3.05) is 13.6 Å². The summed E-state index contributed by atoms with van der Waals surface area (Å²) in [4.78, 5) is 0. The van der Waals surface area contributed by atoms with E-state index < -0.39 is 10.2 Å². The molecule has 1 atom stereocenters. The van der Waals surface area contributed by atoms with Crippen molar-refractivity contribution in [3.05, 3.63) is 0 Å². The first kappa shape index (κ1) is 10.9. The van der Waals surface area contributed by atoms with Gasteiger partial charge in [0.1, 0.15) is 0 Å². The highest BCUT2D eigenvalue weighted by Gasteiger charge is 2.29. The Morgan fingerprint density at radius 3 is 2.54 bits per heavy atom. The monoisotopic (exact) mass is 207 g/mol. The summed E-state index contributed by atoms with van der Waals surface area (Å²) < 4.78 is 26.8. The van der Waals surface area contributed by atoms with Gasteiger partial charge < -0.3 is 5.73 Å². The maximum absolute atomic E-state index is 11.5. The molecule has 5 nitrogen and oxygen atoms in total. The van der Waals surface area contributed by atoms with E-state index in [1.54, 1.807) is 6.92 Å². The lowest BCUT2D eigenvalue weighted by Crippen LogP contribution is -2.44. The van der Waals surface area contributed by atoms with Gasteiger partial charge in [0.05, 0.1) is 0 Å². The Hall–Kier alpha value is -0.170. The number of nitrogens with two attached hydrogens (primary N) is 1. The van der Waals surface area contributed by atoms with Crippen LogP contribution in [0.1, 0.15) is 19.8 Å². The molecule has 0 aromatic carbocycles. The molecular formula is C7H17N3O2S. The van der Waals surface area contributed by atoms with Crippen LogP contribution >= 0.6 is 0 Å². The van der Waals surface area contributed by atoms with Crippen molar-refractivity contribution in [1.29, 1.82) is 0 Å². The molecule has 0 amide bonds. The molecule has 1 fully saturated rings. The quantitative estimate of drug-likeness (QED) is 0.623. The molecule has 1 unspecified atom stereocenters. The van der Waals surface area contributed by atoms with E-state index in [-0.39, 0.29) is 12.1 Å². The van der Waals surface area contributed by atoms with Gasteiger partial charge in [-0.25, -0.2) is 0 Å². The number of hydrogen-bond donors (Lipinski definition) is 2. The Kier molecular flexibility index (Phi) is 3.28. The number of likely N-dealkylation sites (N-methyl/N-ethyl adjacent to an activating group) is 1. The Bertz CT molecular complexity index is 259. The lowest BCUT2D eigenvalue weighted by molar-refractivity contribution is 0.435. The number of nitrogens with one attached hydrogen (secondary N) is 1. The van der Waals surface area contributed by atoms with Crippen LogP contribution in [0.2, 0.25) is 0 Å². The zero-order chi connectivity index (χ0) is 10.1. The predicted molar refractivity (Wildman–Crippen MR) is 51.4 cm³/mol.